The molecule has 3 aromatic rings. The van der Waals surface area contributed by atoms with Crippen molar-refractivity contribution in [1.29, 1.82) is 0 Å². The topological polar surface area (TPSA) is 71.4 Å². The van der Waals surface area contributed by atoms with E-state index in [0.29, 0.717) is 11.8 Å². The zero-order chi connectivity index (χ0) is 22.9. The number of aliphatic hydroxyl groups excluding tert-OH is 1. The van der Waals surface area contributed by atoms with Gasteiger partial charge in [0.25, 0.3) is 0 Å². The van der Waals surface area contributed by atoms with Gasteiger partial charge in [0.05, 0.1) is 12.6 Å². The highest BCUT2D eigenvalue weighted by Gasteiger charge is 2.28. The molecule has 1 aromatic carbocycles. The summed E-state index contributed by atoms with van der Waals surface area (Å²) in [5.74, 6) is 2.90. The quantitative estimate of drug-likeness (QED) is 0.330. The third-order valence-electron chi connectivity index (χ3n) is 6.69. The minimum Gasteiger partial charge on any atom is -0.497 e. The molecule has 1 saturated heterocycles. The molecule has 176 valence electrons. The maximum absolute atomic E-state index is 10.0. The number of pyridine rings is 1. The molecule has 0 radical (unpaired) electrons. The van der Waals surface area contributed by atoms with Crippen molar-refractivity contribution >= 4 is 22.7 Å². The van der Waals surface area contributed by atoms with Crippen LogP contribution >= 0.6 is 11.8 Å². The molecular weight excluding hydrogens is 432 g/mol. The SMILES string of the molecule is COc1ccc2nccc(CCC[C@@H]3CCN(CCCSc4cccnn4)C[C@@H]3CO)c2c1. The molecule has 0 aliphatic carbocycles. The third kappa shape index (κ3) is 6.65. The number of methoxy groups -OCH3 is 1. The van der Waals surface area contributed by atoms with Crippen LogP contribution in [0.1, 0.15) is 31.2 Å². The van der Waals surface area contributed by atoms with Crippen LogP contribution in [0.15, 0.2) is 53.8 Å². The van der Waals surface area contributed by atoms with E-state index in [1.54, 1.807) is 25.1 Å². The number of thioether (sulfide) groups is 1. The van der Waals surface area contributed by atoms with Crippen molar-refractivity contribution in [2.24, 2.45) is 11.8 Å². The van der Waals surface area contributed by atoms with Crippen LogP contribution < -0.4 is 4.74 Å². The van der Waals surface area contributed by atoms with Crippen LogP contribution in [-0.4, -0.2) is 64.3 Å². The van der Waals surface area contributed by atoms with Gasteiger partial charge in [0.1, 0.15) is 10.8 Å². The highest BCUT2D eigenvalue weighted by molar-refractivity contribution is 7.99. The Morgan fingerprint density at radius 1 is 1.15 bits per heavy atom. The van der Waals surface area contributed by atoms with Gasteiger partial charge in [-0.3, -0.25) is 4.98 Å². The minimum absolute atomic E-state index is 0.283. The number of aryl methyl sites for hydroxylation is 1. The molecule has 3 heterocycles. The van der Waals surface area contributed by atoms with Crippen LogP contribution in [0.5, 0.6) is 5.75 Å². The Labute approximate surface area is 200 Å². The molecule has 1 aliphatic rings. The number of piperidine rings is 1. The zero-order valence-electron chi connectivity index (χ0n) is 19.4. The zero-order valence-corrected chi connectivity index (χ0v) is 20.2. The molecular formula is C26H34N4O2S. The average Bonchev–Trinajstić information content (AvgIpc) is 2.87. The van der Waals surface area contributed by atoms with Gasteiger partial charge in [-0.1, -0.05) is 0 Å². The Balaban J connectivity index is 1.22. The summed E-state index contributed by atoms with van der Waals surface area (Å²) in [5.41, 5.74) is 2.35. The van der Waals surface area contributed by atoms with Crippen molar-refractivity contribution in [2.75, 3.05) is 39.1 Å². The number of hydrogen-bond acceptors (Lipinski definition) is 7. The maximum atomic E-state index is 10.0. The van der Waals surface area contributed by atoms with Gasteiger partial charge < -0.3 is 14.7 Å². The number of rotatable bonds is 11. The van der Waals surface area contributed by atoms with Crippen molar-refractivity contribution in [3.63, 3.8) is 0 Å². The summed E-state index contributed by atoms with van der Waals surface area (Å²) in [6, 6.07) is 12.2. The summed E-state index contributed by atoms with van der Waals surface area (Å²) in [7, 11) is 1.70. The second-order valence-electron chi connectivity index (χ2n) is 8.80. The second-order valence-corrected chi connectivity index (χ2v) is 9.92. The van der Waals surface area contributed by atoms with E-state index < -0.39 is 0 Å². The van der Waals surface area contributed by atoms with Crippen molar-refractivity contribution in [2.45, 2.75) is 37.1 Å². The largest absolute Gasteiger partial charge is 0.497 e. The smallest absolute Gasteiger partial charge is 0.119 e. The summed E-state index contributed by atoms with van der Waals surface area (Å²) < 4.78 is 5.41. The summed E-state index contributed by atoms with van der Waals surface area (Å²) in [6.07, 6.45) is 9.24. The number of fused-ring (bicyclic) bond motifs is 1. The summed E-state index contributed by atoms with van der Waals surface area (Å²) >= 11 is 1.77. The third-order valence-corrected chi connectivity index (χ3v) is 7.69. The van der Waals surface area contributed by atoms with E-state index >= 15 is 0 Å². The van der Waals surface area contributed by atoms with Crippen molar-refractivity contribution in [3.8, 4) is 5.75 Å². The number of aliphatic hydroxyl groups is 1. The number of ether oxygens (including phenoxy) is 1. The van der Waals surface area contributed by atoms with E-state index in [4.69, 9.17) is 4.74 Å². The molecule has 4 rings (SSSR count). The normalized spacial score (nSPS) is 19.1. The first kappa shape index (κ1) is 23.9. The van der Waals surface area contributed by atoms with Gasteiger partial charge in [0.2, 0.25) is 0 Å². The first-order valence-corrected chi connectivity index (χ1v) is 12.9. The Kier molecular flexibility index (Phi) is 8.92. The van der Waals surface area contributed by atoms with Gasteiger partial charge in [0.15, 0.2) is 0 Å². The van der Waals surface area contributed by atoms with Crippen molar-refractivity contribution in [1.82, 2.24) is 20.1 Å². The van der Waals surface area contributed by atoms with Gasteiger partial charge in [-0.2, -0.15) is 5.10 Å². The average molecular weight is 467 g/mol. The van der Waals surface area contributed by atoms with E-state index in [0.717, 1.165) is 67.4 Å². The molecule has 6 nitrogen and oxygen atoms in total. The van der Waals surface area contributed by atoms with Gasteiger partial charge in [-0.15, -0.1) is 16.9 Å². The number of nitrogens with zero attached hydrogens (tertiary/aromatic N) is 4. The molecule has 7 heteroatoms. The monoisotopic (exact) mass is 466 g/mol. The molecule has 33 heavy (non-hydrogen) atoms. The highest BCUT2D eigenvalue weighted by Crippen LogP contribution is 2.30. The number of aromatic nitrogens is 3. The first-order chi connectivity index (χ1) is 16.3. The lowest BCUT2D eigenvalue weighted by atomic mass is 9.82. The van der Waals surface area contributed by atoms with Crippen LogP contribution in [0.4, 0.5) is 0 Å². The van der Waals surface area contributed by atoms with E-state index in [1.807, 2.05) is 30.5 Å². The van der Waals surface area contributed by atoms with Gasteiger partial charge in [-0.25, -0.2) is 0 Å². The molecule has 2 aromatic heterocycles. The minimum atomic E-state index is 0.283. The number of hydrogen-bond donors (Lipinski definition) is 1. The molecule has 0 amide bonds. The van der Waals surface area contributed by atoms with Crippen LogP contribution in [-0.2, 0) is 6.42 Å². The summed E-state index contributed by atoms with van der Waals surface area (Å²) in [5, 5.41) is 20.3. The first-order valence-electron chi connectivity index (χ1n) is 11.9. The lowest BCUT2D eigenvalue weighted by molar-refractivity contribution is 0.0677. The molecule has 1 aliphatic heterocycles. The molecule has 0 saturated carbocycles. The number of benzene rings is 1. The molecule has 1 fully saturated rings. The maximum Gasteiger partial charge on any atom is 0.119 e. The highest BCUT2D eigenvalue weighted by atomic mass is 32.2. The molecule has 0 bridgehead atoms. The standard InChI is InChI=1S/C26H34N4O2S/c1-32-23-8-9-25-24(17-23)21(10-13-27-25)6-2-5-20-11-15-30(18-22(20)19-31)14-4-16-33-26-7-3-12-28-29-26/h3,7-10,12-13,17,20,22,31H,2,4-6,11,14-16,18-19H2,1H3/t20-,22-/m1/s1. The summed E-state index contributed by atoms with van der Waals surface area (Å²) in [4.78, 5) is 7.02. The van der Waals surface area contributed by atoms with Crippen LogP contribution in [0, 0.1) is 11.8 Å². The summed E-state index contributed by atoms with van der Waals surface area (Å²) in [6.45, 7) is 3.50. The van der Waals surface area contributed by atoms with Crippen molar-refractivity contribution in [3.05, 3.63) is 54.4 Å². The molecule has 1 N–H and O–H groups in total. The predicted octanol–water partition coefficient (Wildman–Crippen LogP) is 4.47. The fraction of sp³-hybridized carbons (Fsp3) is 0.500. The van der Waals surface area contributed by atoms with Gasteiger partial charge in [0, 0.05) is 36.7 Å². The van der Waals surface area contributed by atoms with Gasteiger partial charge >= 0.3 is 0 Å². The Morgan fingerprint density at radius 3 is 2.91 bits per heavy atom. The predicted molar refractivity (Wildman–Crippen MR) is 134 cm³/mol. The second kappa shape index (κ2) is 12.3. The van der Waals surface area contributed by atoms with Crippen LogP contribution in [0.3, 0.4) is 0 Å². The fourth-order valence-corrected chi connectivity index (χ4v) is 5.62. The molecule has 0 unspecified atom stereocenters. The lowest BCUT2D eigenvalue weighted by Gasteiger charge is -2.38. The van der Waals surface area contributed by atoms with Crippen LogP contribution in [0.2, 0.25) is 0 Å². The Morgan fingerprint density at radius 2 is 2.09 bits per heavy atom. The molecule has 0 spiro atoms. The van der Waals surface area contributed by atoms with E-state index in [-0.39, 0.29) is 6.61 Å². The van der Waals surface area contributed by atoms with Crippen LogP contribution in [0.25, 0.3) is 10.9 Å². The Bertz CT molecular complexity index is 1000. The fourth-order valence-electron chi connectivity index (χ4n) is 4.86. The van der Waals surface area contributed by atoms with E-state index in [2.05, 4.69) is 32.2 Å². The van der Waals surface area contributed by atoms with Gasteiger partial charge in [-0.05, 0) is 99.0 Å². The van der Waals surface area contributed by atoms with E-state index in [9.17, 15) is 5.11 Å². The number of likely N-dealkylation sites (tertiary alicyclic amines) is 1. The van der Waals surface area contributed by atoms with Crippen molar-refractivity contribution < 1.29 is 9.84 Å². The Hall–Kier alpha value is -2.22. The lowest BCUT2D eigenvalue weighted by Crippen LogP contribution is -2.42. The molecule has 2 atom stereocenters. The van der Waals surface area contributed by atoms with E-state index in [1.165, 1.54) is 17.4 Å².